The molecule has 0 unspecified atom stereocenters. The van der Waals surface area contributed by atoms with Crippen LogP contribution < -0.4 is 24.5 Å². The van der Waals surface area contributed by atoms with Crippen LogP contribution in [0.3, 0.4) is 0 Å². The quantitative estimate of drug-likeness (QED) is 0.183. The largest absolute Gasteiger partial charge is 0.494 e. The summed E-state index contributed by atoms with van der Waals surface area (Å²) in [4.78, 5) is 49.9. The van der Waals surface area contributed by atoms with E-state index in [1.807, 2.05) is 110 Å². The Bertz CT molecular complexity index is 2260. The number of ether oxygens (including phenoxy) is 2. The van der Waals surface area contributed by atoms with Gasteiger partial charge in [-0.15, -0.1) is 0 Å². The zero-order valence-corrected chi connectivity index (χ0v) is 28.6. The lowest BCUT2D eigenvalue weighted by Crippen LogP contribution is -2.41. The molecule has 1 atom stereocenters. The minimum Gasteiger partial charge on any atom is -0.494 e. The zero-order valence-electron chi connectivity index (χ0n) is 26.2. The Hall–Kier alpha value is -5.06. The molecule has 4 aromatic carbocycles. The Kier molecular flexibility index (Phi) is 8.68. The molecule has 0 saturated heterocycles. The van der Waals surface area contributed by atoms with Gasteiger partial charge in [0.05, 0.1) is 48.3 Å². The smallest absolute Gasteiger partial charge is 0.338 e. The van der Waals surface area contributed by atoms with Gasteiger partial charge in [-0.25, -0.2) is 9.79 Å². The standard InChI is InChI=1S/C38H30BrN3O5S/c1-3-46-27-18-15-25(16-19-27)33-31(37(45)47-4-2)32(24-13-9-6-10-14-24)40-38-42(33)36(44)34(48-38)30-28-21-26(39)17-20-29(28)41(35(30)43)22-23-11-7-5-8-12-23/h5-21,33H,3-4,22H2,1-2H3/b34-30+/t33-/m1/s1. The van der Waals surface area contributed by atoms with E-state index in [4.69, 9.17) is 14.5 Å². The van der Waals surface area contributed by atoms with Crippen LogP contribution in [0, 0.1) is 0 Å². The van der Waals surface area contributed by atoms with Crippen molar-refractivity contribution in [2.24, 2.45) is 4.99 Å². The number of thiazole rings is 1. The van der Waals surface area contributed by atoms with Crippen molar-refractivity contribution >= 4 is 56.1 Å². The first-order chi connectivity index (χ1) is 23.4. The third-order valence-electron chi connectivity index (χ3n) is 8.24. The number of anilines is 1. The molecule has 0 aliphatic carbocycles. The fraction of sp³-hybridized carbons (Fsp3) is 0.158. The average Bonchev–Trinajstić information content (AvgIpc) is 3.56. The first-order valence-corrected chi connectivity index (χ1v) is 17.2. The Morgan fingerprint density at radius 2 is 1.60 bits per heavy atom. The number of halogens is 1. The summed E-state index contributed by atoms with van der Waals surface area (Å²) in [5, 5.41) is 0. The Morgan fingerprint density at radius 1 is 0.896 bits per heavy atom. The van der Waals surface area contributed by atoms with Gasteiger partial charge in [-0.2, -0.15) is 0 Å². The summed E-state index contributed by atoms with van der Waals surface area (Å²) in [6, 6.07) is 31.2. The number of rotatable bonds is 8. The third-order valence-corrected chi connectivity index (χ3v) is 9.79. The van der Waals surface area contributed by atoms with Crippen LogP contribution in [-0.2, 0) is 20.9 Å². The van der Waals surface area contributed by atoms with E-state index in [-0.39, 0.29) is 22.6 Å². The second kappa shape index (κ2) is 13.2. The first-order valence-electron chi connectivity index (χ1n) is 15.6. The molecule has 10 heteroatoms. The summed E-state index contributed by atoms with van der Waals surface area (Å²) in [6.07, 6.45) is 0. The monoisotopic (exact) mass is 719 g/mol. The molecule has 5 aromatic rings. The second-order valence-corrected chi connectivity index (χ2v) is 13.1. The molecule has 0 N–H and O–H groups in total. The molecule has 0 spiro atoms. The molecule has 2 aliphatic rings. The third kappa shape index (κ3) is 5.61. The summed E-state index contributed by atoms with van der Waals surface area (Å²) in [6.45, 7) is 4.63. The van der Waals surface area contributed by atoms with Crippen molar-refractivity contribution in [3.05, 3.63) is 155 Å². The maximum absolute atomic E-state index is 14.7. The Balaban J connectivity index is 1.51. The van der Waals surface area contributed by atoms with E-state index >= 15 is 0 Å². The normalized spacial score (nSPS) is 16.4. The SMILES string of the molecule is CCOC(=O)C1=C(c2ccccc2)N=c2s/c(=C3/C(=O)N(Cc4ccccc4)c4ccc(Br)cc43)c(=O)n2[C@@H]1c1ccc(OCC)cc1. The maximum Gasteiger partial charge on any atom is 0.338 e. The van der Waals surface area contributed by atoms with E-state index in [2.05, 4.69) is 15.9 Å². The number of fused-ring (bicyclic) bond motifs is 2. The summed E-state index contributed by atoms with van der Waals surface area (Å²) in [5.41, 5.74) is 4.26. The fourth-order valence-electron chi connectivity index (χ4n) is 6.17. The minimum absolute atomic E-state index is 0.145. The number of benzene rings is 4. The van der Waals surface area contributed by atoms with Crippen molar-refractivity contribution < 1.29 is 19.1 Å². The van der Waals surface area contributed by atoms with E-state index in [1.54, 1.807) is 11.8 Å². The zero-order chi connectivity index (χ0) is 33.4. The lowest BCUT2D eigenvalue weighted by atomic mass is 9.93. The van der Waals surface area contributed by atoms with Crippen LogP contribution in [0.2, 0.25) is 0 Å². The van der Waals surface area contributed by atoms with Crippen molar-refractivity contribution in [1.82, 2.24) is 4.57 Å². The van der Waals surface area contributed by atoms with Gasteiger partial charge in [0, 0.05) is 15.6 Å². The van der Waals surface area contributed by atoms with Crippen LogP contribution in [0.4, 0.5) is 5.69 Å². The van der Waals surface area contributed by atoms with E-state index in [0.29, 0.717) is 57.4 Å². The summed E-state index contributed by atoms with van der Waals surface area (Å²) < 4.78 is 13.8. The van der Waals surface area contributed by atoms with Gasteiger partial charge >= 0.3 is 5.97 Å². The first kappa shape index (κ1) is 31.5. The molecule has 0 radical (unpaired) electrons. The van der Waals surface area contributed by atoms with Gasteiger partial charge < -0.3 is 14.4 Å². The van der Waals surface area contributed by atoms with Gasteiger partial charge in [0.15, 0.2) is 4.80 Å². The van der Waals surface area contributed by atoms with Gasteiger partial charge in [0.2, 0.25) is 0 Å². The van der Waals surface area contributed by atoms with Gasteiger partial charge in [-0.05, 0) is 55.3 Å². The topological polar surface area (TPSA) is 90.2 Å². The highest BCUT2D eigenvalue weighted by molar-refractivity contribution is 9.10. The predicted molar refractivity (Wildman–Crippen MR) is 189 cm³/mol. The summed E-state index contributed by atoms with van der Waals surface area (Å²) in [5.74, 6) is -0.182. The van der Waals surface area contributed by atoms with Gasteiger partial charge in [0.25, 0.3) is 11.5 Å². The van der Waals surface area contributed by atoms with Crippen LogP contribution >= 0.6 is 27.3 Å². The molecule has 1 aromatic heterocycles. The molecule has 240 valence electrons. The molecular weight excluding hydrogens is 690 g/mol. The van der Waals surface area contributed by atoms with Crippen molar-refractivity contribution in [3.63, 3.8) is 0 Å². The van der Waals surface area contributed by atoms with Crippen molar-refractivity contribution in [3.8, 4) is 5.75 Å². The van der Waals surface area contributed by atoms with Gasteiger partial charge in [-0.3, -0.25) is 14.2 Å². The van der Waals surface area contributed by atoms with Crippen LogP contribution in [0.1, 0.15) is 42.1 Å². The number of esters is 1. The number of nitrogens with zero attached hydrogens (tertiary/aromatic N) is 3. The molecule has 8 nitrogen and oxygen atoms in total. The molecule has 7 rings (SSSR count). The second-order valence-electron chi connectivity index (χ2n) is 11.2. The van der Waals surface area contributed by atoms with E-state index in [1.165, 1.54) is 4.57 Å². The number of hydrogen-bond acceptors (Lipinski definition) is 7. The Labute approximate surface area is 289 Å². The lowest BCUT2D eigenvalue weighted by molar-refractivity contribution is -0.138. The van der Waals surface area contributed by atoms with Gasteiger partial charge in [0.1, 0.15) is 10.3 Å². The van der Waals surface area contributed by atoms with Crippen molar-refractivity contribution in [1.29, 1.82) is 0 Å². The number of aromatic nitrogens is 1. The minimum atomic E-state index is -0.876. The summed E-state index contributed by atoms with van der Waals surface area (Å²) in [7, 11) is 0. The fourth-order valence-corrected chi connectivity index (χ4v) is 7.62. The molecule has 0 saturated carbocycles. The number of amides is 1. The van der Waals surface area contributed by atoms with Crippen molar-refractivity contribution in [2.75, 3.05) is 18.1 Å². The van der Waals surface area contributed by atoms with E-state index < -0.39 is 17.6 Å². The summed E-state index contributed by atoms with van der Waals surface area (Å²) >= 11 is 4.72. The highest BCUT2D eigenvalue weighted by Gasteiger charge is 2.38. The van der Waals surface area contributed by atoms with Crippen molar-refractivity contribution in [2.45, 2.75) is 26.4 Å². The lowest BCUT2D eigenvalue weighted by Gasteiger charge is -2.26. The van der Waals surface area contributed by atoms with Crippen LogP contribution in [0.5, 0.6) is 5.75 Å². The van der Waals surface area contributed by atoms with Crippen LogP contribution in [0.25, 0.3) is 11.3 Å². The number of carbonyl (C=O) groups is 2. The van der Waals surface area contributed by atoms with E-state index in [0.717, 1.165) is 21.4 Å². The molecule has 0 bridgehead atoms. The Morgan fingerprint density at radius 3 is 2.29 bits per heavy atom. The number of carbonyl (C=O) groups excluding carboxylic acids is 2. The molecular formula is C38H30BrN3O5S. The van der Waals surface area contributed by atoms with Crippen LogP contribution in [-0.4, -0.2) is 29.7 Å². The number of hydrogen-bond donors (Lipinski definition) is 0. The molecule has 48 heavy (non-hydrogen) atoms. The predicted octanol–water partition coefficient (Wildman–Crippen LogP) is 6.01. The molecule has 3 heterocycles. The maximum atomic E-state index is 14.7. The van der Waals surface area contributed by atoms with Crippen LogP contribution in [0.15, 0.2) is 123 Å². The molecule has 0 fully saturated rings. The van der Waals surface area contributed by atoms with Gasteiger partial charge in [-0.1, -0.05) is 100 Å². The highest BCUT2D eigenvalue weighted by atomic mass is 79.9. The molecule has 2 aliphatic heterocycles. The average molecular weight is 721 g/mol. The van der Waals surface area contributed by atoms with E-state index in [9.17, 15) is 14.4 Å². The highest BCUT2D eigenvalue weighted by Crippen LogP contribution is 2.39. The molecule has 1 amide bonds.